The average molecular weight is 274 g/mol. The van der Waals surface area contributed by atoms with Gasteiger partial charge >= 0.3 is 0 Å². The zero-order chi connectivity index (χ0) is 13.4. The van der Waals surface area contributed by atoms with Gasteiger partial charge in [0.25, 0.3) is 0 Å². The highest BCUT2D eigenvalue weighted by molar-refractivity contribution is 6.31. The molecule has 0 aliphatic heterocycles. The Hall–Kier alpha value is -2.00. The summed E-state index contributed by atoms with van der Waals surface area (Å²) in [4.78, 5) is 15.7. The number of fused-ring (bicyclic) bond motifs is 2. The van der Waals surface area contributed by atoms with E-state index in [0.29, 0.717) is 28.2 Å². The average Bonchev–Trinajstić information content (AvgIpc) is 2.41. The lowest BCUT2D eigenvalue weighted by Gasteiger charge is -2.08. The third-order valence-corrected chi connectivity index (χ3v) is 3.29. The largest absolute Gasteiger partial charge is 0.492 e. The summed E-state index contributed by atoms with van der Waals surface area (Å²) in [5.41, 5.74) is 1.45. The molecule has 0 aliphatic rings. The Morgan fingerprint density at radius 1 is 1.21 bits per heavy atom. The van der Waals surface area contributed by atoms with Gasteiger partial charge in [-0.2, -0.15) is 0 Å². The summed E-state index contributed by atoms with van der Waals surface area (Å²) in [6.07, 6.45) is 0. The zero-order valence-electron chi connectivity index (χ0n) is 10.4. The van der Waals surface area contributed by atoms with Crippen LogP contribution in [0.25, 0.3) is 21.8 Å². The van der Waals surface area contributed by atoms with Crippen LogP contribution in [0, 0.1) is 0 Å². The lowest BCUT2D eigenvalue weighted by Crippen LogP contribution is -2.05. The maximum atomic E-state index is 12.5. The number of halogens is 1. The molecule has 4 heteroatoms. The summed E-state index contributed by atoms with van der Waals surface area (Å²) < 4.78 is 5.55. The molecular weight excluding hydrogens is 262 g/mol. The van der Waals surface area contributed by atoms with Gasteiger partial charge < -0.3 is 9.72 Å². The van der Waals surface area contributed by atoms with Crippen LogP contribution in [0.3, 0.4) is 0 Å². The number of rotatable bonds is 2. The Labute approximate surface area is 114 Å². The monoisotopic (exact) mass is 273 g/mol. The van der Waals surface area contributed by atoms with E-state index in [2.05, 4.69) is 4.98 Å². The van der Waals surface area contributed by atoms with Crippen molar-refractivity contribution < 1.29 is 4.74 Å². The molecular formula is C15H12ClNO2. The Morgan fingerprint density at radius 2 is 2.05 bits per heavy atom. The molecule has 0 bridgehead atoms. The molecule has 0 atom stereocenters. The van der Waals surface area contributed by atoms with Crippen LogP contribution in [0.4, 0.5) is 0 Å². The number of pyridine rings is 1. The van der Waals surface area contributed by atoms with Gasteiger partial charge in [-0.15, -0.1) is 0 Å². The lowest BCUT2D eigenvalue weighted by molar-refractivity contribution is 0.343. The van der Waals surface area contributed by atoms with Crippen LogP contribution in [-0.2, 0) is 0 Å². The van der Waals surface area contributed by atoms with Crippen LogP contribution < -0.4 is 10.2 Å². The molecule has 0 spiro atoms. The van der Waals surface area contributed by atoms with E-state index in [9.17, 15) is 4.79 Å². The molecule has 2 aromatic carbocycles. The van der Waals surface area contributed by atoms with Crippen molar-refractivity contribution in [2.45, 2.75) is 6.92 Å². The summed E-state index contributed by atoms with van der Waals surface area (Å²) in [5, 5.41) is 1.76. The van der Waals surface area contributed by atoms with Gasteiger partial charge in [0.1, 0.15) is 5.75 Å². The van der Waals surface area contributed by atoms with Crippen molar-refractivity contribution in [2.75, 3.05) is 6.61 Å². The standard InChI is InChI=1S/C15H12ClNO2/c1-2-19-13-5-3-4-10-14(13)17-12-7-6-9(16)8-11(12)15(10)18/h3-8H,2H2,1H3,(H,17,18). The molecule has 0 radical (unpaired) electrons. The van der Waals surface area contributed by atoms with Crippen LogP contribution in [0.15, 0.2) is 41.2 Å². The molecule has 1 aromatic heterocycles. The molecule has 3 aromatic rings. The number of aromatic amines is 1. The molecule has 0 aliphatic carbocycles. The number of hydrogen-bond acceptors (Lipinski definition) is 2. The zero-order valence-corrected chi connectivity index (χ0v) is 11.1. The molecule has 3 rings (SSSR count). The van der Waals surface area contributed by atoms with Gasteiger partial charge in [0, 0.05) is 21.3 Å². The van der Waals surface area contributed by atoms with E-state index < -0.39 is 0 Å². The number of hydrogen-bond donors (Lipinski definition) is 1. The summed E-state index contributed by atoms with van der Waals surface area (Å²) in [5.74, 6) is 0.689. The molecule has 0 unspecified atom stereocenters. The first kappa shape index (κ1) is 12.1. The molecule has 0 amide bonds. The molecule has 1 heterocycles. The van der Waals surface area contributed by atoms with Crippen molar-refractivity contribution in [1.29, 1.82) is 0 Å². The fourth-order valence-corrected chi connectivity index (χ4v) is 2.39. The number of nitrogens with one attached hydrogen (secondary N) is 1. The summed E-state index contributed by atoms with van der Waals surface area (Å²) in [6, 6.07) is 10.7. The van der Waals surface area contributed by atoms with Crippen molar-refractivity contribution in [3.63, 3.8) is 0 Å². The number of aromatic nitrogens is 1. The van der Waals surface area contributed by atoms with Gasteiger partial charge in [-0.1, -0.05) is 17.7 Å². The molecule has 19 heavy (non-hydrogen) atoms. The van der Waals surface area contributed by atoms with E-state index in [1.165, 1.54) is 0 Å². The van der Waals surface area contributed by atoms with E-state index in [-0.39, 0.29) is 5.43 Å². The van der Waals surface area contributed by atoms with Crippen LogP contribution in [0.1, 0.15) is 6.92 Å². The van der Waals surface area contributed by atoms with Crippen LogP contribution in [-0.4, -0.2) is 11.6 Å². The lowest BCUT2D eigenvalue weighted by atomic mass is 10.1. The van der Waals surface area contributed by atoms with E-state index in [4.69, 9.17) is 16.3 Å². The minimum atomic E-state index is -0.0344. The SMILES string of the molecule is CCOc1cccc2c(=O)c3cc(Cl)ccc3[nH]c12. The van der Waals surface area contributed by atoms with Crippen molar-refractivity contribution in [3.8, 4) is 5.75 Å². The number of para-hydroxylation sites is 1. The molecule has 3 nitrogen and oxygen atoms in total. The molecule has 0 saturated carbocycles. The minimum absolute atomic E-state index is 0.0344. The van der Waals surface area contributed by atoms with Gasteiger partial charge in [0.05, 0.1) is 12.1 Å². The van der Waals surface area contributed by atoms with Gasteiger partial charge in [-0.3, -0.25) is 4.79 Å². The van der Waals surface area contributed by atoms with Crippen LogP contribution >= 0.6 is 11.6 Å². The van der Waals surface area contributed by atoms with Crippen LogP contribution in [0.5, 0.6) is 5.75 Å². The van der Waals surface area contributed by atoms with Crippen molar-refractivity contribution in [2.24, 2.45) is 0 Å². The van der Waals surface area contributed by atoms with Gasteiger partial charge in [0.15, 0.2) is 5.43 Å². The smallest absolute Gasteiger partial charge is 0.197 e. The van der Waals surface area contributed by atoms with Gasteiger partial charge in [-0.05, 0) is 37.3 Å². The predicted octanol–water partition coefficient (Wildman–Crippen LogP) is 3.73. The Balaban J connectivity index is 2.46. The normalized spacial score (nSPS) is 11.1. The first-order chi connectivity index (χ1) is 9.20. The maximum absolute atomic E-state index is 12.5. The highest BCUT2D eigenvalue weighted by atomic mass is 35.5. The fourth-order valence-electron chi connectivity index (χ4n) is 2.22. The molecule has 0 fully saturated rings. The molecule has 1 N–H and O–H groups in total. The van der Waals surface area contributed by atoms with Crippen molar-refractivity contribution in [3.05, 3.63) is 51.6 Å². The Morgan fingerprint density at radius 3 is 2.84 bits per heavy atom. The van der Waals surface area contributed by atoms with E-state index in [0.717, 1.165) is 11.0 Å². The number of ether oxygens (including phenoxy) is 1. The van der Waals surface area contributed by atoms with Crippen LogP contribution in [0.2, 0.25) is 5.02 Å². The fraction of sp³-hybridized carbons (Fsp3) is 0.133. The summed E-state index contributed by atoms with van der Waals surface area (Å²) in [7, 11) is 0. The highest BCUT2D eigenvalue weighted by Crippen LogP contribution is 2.25. The second-order valence-corrected chi connectivity index (χ2v) is 4.69. The quantitative estimate of drug-likeness (QED) is 0.723. The Bertz CT molecular complexity index is 823. The van der Waals surface area contributed by atoms with Crippen molar-refractivity contribution in [1.82, 2.24) is 4.98 Å². The van der Waals surface area contributed by atoms with Gasteiger partial charge in [-0.25, -0.2) is 0 Å². The van der Waals surface area contributed by atoms with E-state index in [1.807, 2.05) is 19.1 Å². The maximum Gasteiger partial charge on any atom is 0.197 e. The summed E-state index contributed by atoms with van der Waals surface area (Å²) in [6.45, 7) is 2.47. The second kappa shape index (κ2) is 4.59. The first-order valence-electron chi connectivity index (χ1n) is 6.08. The third kappa shape index (κ3) is 1.96. The topological polar surface area (TPSA) is 42.1 Å². The third-order valence-electron chi connectivity index (χ3n) is 3.06. The minimum Gasteiger partial charge on any atom is -0.492 e. The van der Waals surface area contributed by atoms with Gasteiger partial charge in [0.2, 0.25) is 0 Å². The second-order valence-electron chi connectivity index (χ2n) is 4.26. The number of benzene rings is 2. The van der Waals surface area contributed by atoms with E-state index >= 15 is 0 Å². The first-order valence-corrected chi connectivity index (χ1v) is 6.45. The molecule has 96 valence electrons. The number of H-pyrrole nitrogens is 1. The summed E-state index contributed by atoms with van der Waals surface area (Å²) >= 11 is 5.95. The highest BCUT2D eigenvalue weighted by Gasteiger charge is 2.09. The van der Waals surface area contributed by atoms with E-state index in [1.54, 1.807) is 24.3 Å². The van der Waals surface area contributed by atoms with Crippen molar-refractivity contribution >= 4 is 33.4 Å². The Kier molecular flexibility index (Phi) is 2.91. The predicted molar refractivity (Wildman–Crippen MR) is 78.3 cm³/mol. The molecule has 0 saturated heterocycles.